The summed E-state index contributed by atoms with van der Waals surface area (Å²) in [5.74, 6) is 0.168. The average molecular weight is 308 g/mol. The first kappa shape index (κ1) is 16.0. The molecule has 0 spiro atoms. The van der Waals surface area contributed by atoms with Crippen LogP contribution in [-0.2, 0) is 22.9 Å². The molecule has 21 heavy (non-hydrogen) atoms. The van der Waals surface area contributed by atoms with Crippen molar-refractivity contribution in [1.29, 1.82) is 0 Å². The van der Waals surface area contributed by atoms with Gasteiger partial charge in [-0.05, 0) is 38.5 Å². The SMILES string of the molecule is CC(C)(C)NCc1cccc2c1ccn2CCS(C)(=O)=O. The lowest BCUT2D eigenvalue weighted by atomic mass is 10.1. The van der Waals surface area contributed by atoms with Gasteiger partial charge in [-0.2, -0.15) is 0 Å². The van der Waals surface area contributed by atoms with Crippen LogP contribution in [0.15, 0.2) is 30.5 Å². The predicted molar refractivity (Wildman–Crippen MR) is 88.2 cm³/mol. The summed E-state index contributed by atoms with van der Waals surface area (Å²) in [6, 6.07) is 8.25. The minimum atomic E-state index is -2.94. The third kappa shape index (κ3) is 4.58. The number of nitrogens with zero attached hydrogens (tertiary/aromatic N) is 1. The number of fused-ring (bicyclic) bond motifs is 1. The zero-order valence-corrected chi connectivity index (χ0v) is 14.0. The first-order valence-electron chi connectivity index (χ1n) is 7.15. The van der Waals surface area contributed by atoms with E-state index < -0.39 is 9.84 Å². The van der Waals surface area contributed by atoms with Gasteiger partial charge in [0.25, 0.3) is 0 Å². The van der Waals surface area contributed by atoms with Crippen molar-refractivity contribution in [2.24, 2.45) is 0 Å². The van der Waals surface area contributed by atoms with Gasteiger partial charge < -0.3 is 9.88 Å². The van der Waals surface area contributed by atoms with Crippen LogP contribution in [0, 0.1) is 0 Å². The Hall–Kier alpha value is -1.33. The minimum Gasteiger partial charge on any atom is -0.346 e. The van der Waals surface area contributed by atoms with E-state index in [1.54, 1.807) is 0 Å². The Kier molecular flexibility index (Phi) is 4.44. The van der Waals surface area contributed by atoms with Gasteiger partial charge >= 0.3 is 0 Å². The quantitative estimate of drug-likeness (QED) is 0.923. The Labute approximate surface area is 127 Å². The van der Waals surface area contributed by atoms with Crippen LogP contribution in [-0.4, -0.2) is 30.5 Å². The van der Waals surface area contributed by atoms with Gasteiger partial charge in [0.2, 0.25) is 0 Å². The maximum atomic E-state index is 11.3. The molecule has 0 fully saturated rings. The lowest BCUT2D eigenvalue weighted by Gasteiger charge is -2.21. The van der Waals surface area contributed by atoms with E-state index in [1.165, 1.54) is 17.2 Å². The van der Waals surface area contributed by atoms with Gasteiger partial charge in [-0.3, -0.25) is 0 Å². The molecule has 1 N–H and O–H groups in total. The summed E-state index contributed by atoms with van der Waals surface area (Å²) < 4.78 is 24.6. The largest absolute Gasteiger partial charge is 0.346 e. The molecule has 0 aliphatic rings. The smallest absolute Gasteiger partial charge is 0.149 e. The molecule has 1 aromatic heterocycles. The molecule has 0 radical (unpaired) electrons. The van der Waals surface area contributed by atoms with Gasteiger partial charge in [0.15, 0.2) is 0 Å². The summed E-state index contributed by atoms with van der Waals surface area (Å²) in [5.41, 5.74) is 2.40. The Bertz CT molecular complexity index is 724. The molecule has 5 heteroatoms. The van der Waals surface area contributed by atoms with E-state index in [9.17, 15) is 8.42 Å². The Balaban J connectivity index is 2.25. The van der Waals surface area contributed by atoms with Crippen LogP contribution in [0.1, 0.15) is 26.3 Å². The van der Waals surface area contributed by atoms with Crippen molar-refractivity contribution in [2.45, 2.75) is 39.4 Å². The molecule has 4 nitrogen and oxygen atoms in total. The van der Waals surface area contributed by atoms with Crippen LogP contribution in [0.25, 0.3) is 10.9 Å². The lowest BCUT2D eigenvalue weighted by Crippen LogP contribution is -2.35. The number of aryl methyl sites for hydroxylation is 1. The third-order valence-corrected chi connectivity index (χ3v) is 4.34. The summed E-state index contributed by atoms with van der Waals surface area (Å²) in [5, 5.41) is 4.67. The van der Waals surface area contributed by atoms with Gasteiger partial charge in [-0.1, -0.05) is 12.1 Å². The van der Waals surface area contributed by atoms with Crippen LogP contribution in [0.4, 0.5) is 0 Å². The highest BCUT2D eigenvalue weighted by atomic mass is 32.2. The number of nitrogens with one attached hydrogen (secondary N) is 1. The van der Waals surface area contributed by atoms with Gasteiger partial charge in [0, 0.05) is 42.0 Å². The first-order valence-corrected chi connectivity index (χ1v) is 9.21. The number of hydrogen-bond donors (Lipinski definition) is 1. The van der Waals surface area contributed by atoms with Gasteiger partial charge in [-0.15, -0.1) is 0 Å². The summed E-state index contributed by atoms with van der Waals surface area (Å²) in [4.78, 5) is 0. The monoisotopic (exact) mass is 308 g/mol. The molecule has 0 aliphatic carbocycles. The highest BCUT2D eigenvalue weighted by Gasteiger charge is 2.11. The molecule has 0 aliphatic heterocycles. The third-order valence-electron chi connectivity index (χ3n) is 3.42. The molecule has 0 unspecified atom stereocenters. The maximum Gasteiger partial charge on any atom is 0.149 e. The lowest BCUT2D eigenvalue weighted by molar-refractivity contribution is 0.425. The maximum absolute atomic E-state index is 11.3. The number of rotatable bonds is 5. The van der Waals surface area contributed by atoms with Crippen LogP contribution < -0.4 is 5.32 Å². The fourth-order valence-corrected chi connectivity index (χ4v) is 2.79. The van der Waals surface area contributed by atoms with E-state index in [2.05, 4.69) is 38.2 Å². The topological polar surface area (TPSA) is 51.1 Å². The van der Waals surface area contributed by atoms with Crippen molar-refractivity contribution in [3.63, 3.8) is 0 Å². The Morgan fingerprint density at radius 3 is 2.52 bits per heavy atom. The fourth-order valence-electron chi connectivity index (χ4n) is 2.26. The molecule has 0 atom stereocenters. The molecule has 116 valence electrons. The second kappa shape index (κ2) is 5.81. The summed E-state index contributed by atoms with van der Waals surface area (Å²) in [6.07, 6.45) is 3.24. The molecular formula is C16H24N2O2S. The van der Waals surface area contributed by atoms with Crippen molar-refractivity contribution in [3.8, 4) is 0 Å². The van der Waals surface area contributed by atoms with E-state index in [0.717, 1.165) is 12.1 Å². The molecule has 0 amide bonds. The highest BCUT2D eigenvalue weighted by molar-refractivity contribution is 7.90. The highest BCUT2D eigenvalue weighted by Crippen LogP contribution is 2.21. The molecule has 1 heterocycles. The summed E-state index contributed by atoms with van der Waals surface area (Å²) >= 11 is 0. The number of benzene rings is 1. The Morgan fingerprint density at radius 1 is 1.19 bits per heavy atom. The van der Waals surface area contributed by atoms with Crippen molar-refractivity contribution >= 4 is 20.7 Å². The van der Waals surface area contributed by atoms with Gasteiger partial charge in [-0.25, -0.2) is 8.42 Å². The molecule has 2 aromatic rings. The molecule has 1 aromatic carbocycles. The van der Waals surface area contributed by atoms with Gasteiger partial charge in [0.05, 0.1) is 5.75 Å². The van der Waals surface area contributed by atoms with E-state index in [1.807, 2.05) is 22.9 Å². The average Bonchev–Trinajstić information content (AvgIpc) is 2.75. The molecule has 0 saturated heterocycles. The van der Waals surface area contributed by atoms with Crippen LogP contribution in [0.3, 0.4) is 0 Å². The van der Waals surface area contributed by atoms with E-state index in [0.29, 0.717) is 6.54 Å². The minimum absolute atomic E-state index is 0.0705. The predicted octanol–water partition coefficient (Wildman–Crippen LogP) is 2.57. The van der Waals surface area contributed by atoms with Crippen molar-refractivity contribution < 1.29 is 8.42 Å². The standard InChI is InChI=1S/C16H24N2O2S/c1-16(2,3)17-12-13-6-5-7-15-14(13)8-9-18(15)10-11-21(4,19)20/h5-9,17H,10-12H2,1-4H3. The van der Waals surface area contributed by atoms with Crippen LogP contribution in [0.2, 0.25) is 0 Å². The number of sulfone groups is 1. The molecule has 2 rings (SSSR count). The van der Waals surface area contributed by atoms with E-state index >= 15 is 0 Å². The zero-order chi connectivity index (χ0) is 15.7. The molecule has 0 saturated carbocycles. The molecular weight excluding hydrogens is 284 g/mol. The second-order valence-corrected chi connectivity index (χ2v) is 8.85. The molecule has 0 bridgehead atoms. The van der Waals surface area contributed by atoms with Crippen molar-refractivity contribution in [1.82, 2.24) is 9.88 Å². The van der Waals surface area contributed by atoms with Crippen molar-refractivity contribution in [3.05, 3.63) is 36.0 Å². The first-order chi connectivity index (χ1) is 9.66. The zero-order valence-electron chi connectivity index (χ0n) is 13.2. The van der Waals surface area contributed by atoms with E-state index in [-0.39, 0.29) is 11.3 Å². The number of aromatic nitrogens is 1. The second-order valence-electron chi connectivity index (χ2n) is 6.59. The summed E-state index contributed by atoms with van der Waals surface area (Å²) in [6.45, 7) is 7.73. The fraction of sp³-hybridized carbons (Fsp3) is 0.500. The van der Waals surface area contributed by atoms with E-state index in [4.69, 9.17) is 0 Å². The normalized spacial score (nSPS) is 13.0. The van der Waals surface area contributed by atoms with Gasteiger partial charge in [0.1, 0.15) is 9.84 Å². The van der Waals surface area contributed by atoms with Crippen LogP contribution in [0.5, 0.6) is 0 Å². The number of hydrogen-bond acceptors (Lipinski definition) is 3. The summed E-state index contributed by atoms with van der Waals surface area (Å²) in [7, 11) is -2.94. The van der Waals surface area contributed by atoms with Crippen molar-refractivity contribution in [2.75, 3.05) is 12.0 Å². The van der Waals surface area contributed by atoms with Crippen LogP contribution >= 0.6 is 0 Å². The Morgan fingerprint density at radius 2 is 1.90 bits per heavy atom.